The smallest absolute Gasteiger partial charge is 0.335 e. The third kappa shape index (κ3) is 7.12. The first-order valence-electron chi connectivity index (χ1n) is 5.83. The van der Waals surface area contributed by atoms with E-state index in [4.69, 9.17) is 4.74 Å². The van der Waals surface area contributed by atoms with Gasteiger partial charge in [-0.3, -0.25) is 0 Å². The second-order valence-electron chi connectivity index (χ2n) is 2.37. The minimum Gasteiger partial charge on any atom is -0.423 e. The Bertz CT molecular complexity index is 341. The fraction of sp³-hybridized carbons (Fsp3) is 0.267. The highest BCUT2D eigenvalue weighted by molar-refractivity contribution is 5.84. The molecule has 0 bridgehead atoms. The van der Waals surface area contributed by atoms with Crippen LogP contribution >= 0.6 is 0 Å². The maximum atomic E-state index is 10.9. The van der Waals surface area contributed by atoms with E-state index in [1.807, 2.05) is 39.8 Å². The van der Waals surface area contributed by atoms with Crippen LogP contribution in [-0.2, 0) is 4.79 Å². The van der Waals surface area contributed by atoms with Crippen LogP contribution in [0.3, 0.4) is 0 Å². The van der Waals surface area contributed by atoms with Gasteiger partial charge in [-0.1, -0.05) is 65.1 Å². The molecule has 0 spiro atoms. The van der Waals surface area contributed by atoms with Crippen molar-refractivity contribution in [2.24, 2.45) is 0 Å². The van der Waals surface area contributed by atoms with Gasteiger partial charge in [-0.2, -0.15) is 0 Å². The van der Waals surface area contributed by atoms with E-state index < -0.39 is 5.97 Å². The lowest BCUT2D eigenvalue weighted by atomic mass is 10.2. The normalized spacial score (nSPS) is 7.53. The number of carbonyl (C=O) groups is 1. The zero-order chi connectivity index (χ0) is 13.7. The number of para-hydroxylation sites is 1. The highest BCUT2D eigenvalue weighted by Crippen LogP contribution is 2.18. The zero-order valence-electron chi connectivity index (χ0n) is 11.2. The molecule has 1 rings (SSSR count). The van der Waals surface area contributed by atoms with Crippen LogP contribution < -0.4 is 4.74 Å². The van der Waals surface area contributed by atoms with Crippen LogP contribution in [0.15, 0.2) is 43.5 Å². The minimum absolute atomic E-state index is 0.464. The minimum atomic E-state index is -0.464. The maximum Gasteiger partial charge on any atom is 0.335 e. The van der Waals surface area contributed by atoms with Gasteiger partial charge in [-0.15, -0.1) is 0 Å². The van der Waals surface area contributed by atoms with E-state index in [-0.39, 0.29) is 0 Å². The van der Waals surface area contributed by atoms with Gasteiger partial charge in [0, 0.05) is 11.6 Å². The second kappa shape index (κ2) is 12.2. The Morgan fingerprint density at radius 3 is 2.12 bits per heavy atom. The number of ether oxygens (including phenoxy) is 1. The fourth-order valence-corrected chi connectivity index (χ4v) is 0.892. The topological polar surface area (TPSA) is 26.3 Å². The summed E-state index contributed by atoms with van der Waals surface area (Å²) < 4.78 is 4.96. The number of benzene rings is 1. The molecule has 2 nitrogen and oxygen atoms in total. The molecule has 0 aromatic heterocycles. The lowest BCUT2D eigenvalue weighted by Gasteiger charge is -2.03. The van der Waals surface area contributed by atoms with Crippen molar-refractivity contribution in [1.82, 2.24) is 0 Å². The van der Waals surface area contributed by atoms with Gasteiger partial charge in [0.1, 0.15) is 5.75 Å². The fourth-order valence-electron chi connectivity index (χ4n) is 0.892. The Morgan fingerprint density at radius 2 is 1.65 bits per heavy atom. The van der Waals surface area contributed by atoms with Crippen LogP contribution in [0, 0.1) is 0 Å². The second-order valence-corrected chi connectivity index (χ2v) is 2.37. The lowest BCUT2D eigenvalue weighted by molar-refractivity contribution is -0.128. The van der Waals surface area contributed by atoms with Crippen molar-refractivity contribution in [3.8, 4) is 5.75 Å². The quantitative estimate of drug-likeness (QED) is 0.438. The average Bonchev–Trinajstić information content (AvgIpc) is 2.43. The van der Waals surface area contributed by atoms with E-state index >= 15 is 0 Å². The molecule has 1 aromatic rings. The Kier molecular flexibility index (Phi) is 12.6. The Morgan fingerprint density at radius 1 is 1.12 bits per heavy atom. The molecule has 1 aromatic carbocycles. The molecule has 0 atom stereocenters. The van der Waals surface area contributed by atoms with E-state index in [9.17, 15) is 4.79 Å². The third-order valence-corrected chi connectivity index (χ3v) is 1.52. The molecule has 0 heterocycles. The van der Waals surface area contributed by atoms with Crippen molar-refractivity contribution in [1.29, 1.82) is 0 Å². The largest absolute Gasteiger partial charge is 0.423 e. The van der Waals surface area contributed by atoms with Gasteiger partial charge >= 0.3 is 5.97 Å². The summed E-state index contributed by atoms with van der Waals surface area (Å²) in [6, 6.07) is 7.16. The summed E-state index contributed by atoms with van der Waals surface area (Å²) in [6.07, 6.45) is 2.76. The molecule has 94 valence electrons. The molecule has 0 radical (unpaired) electrons. The van der Waals surface area contributed by atoms with Crippen LogP contribution in [0.1, 0.15) is 33.3 Å². The summed E-state index contributed by atoms with van der Waals surface area (Å²) in [6.45, 7) is 14.9. The molecule has 0 saturated heterocycles. The zero-order valence-corrected chi connectivity index (χ0v) is 11.2. The van der Waals surface area contributed by atoms with Gasteiger partial charge in [0.2, 0.25) is 0 Å². The molecule has 0 aliphatic heterocycles. The highest BCUT2D eigenvalue weighted by atomic mass is 16.5. The summed E-state index contributed by atoms with van der Waals surface area (Å²) in [7, 11) is 0. The number of hydrogen-bond acceptors (Lipinski definition) is 2. The summed E-state index contributed by atoms with van der Waals surface area (Å²) in [5.41, 5.74) is 0.790. The van der Waals surface area contributed by atoms with E-state index in [1.54, 1.807) is 18.2 Å². The number of carbonyl (C=O) groups excluding carboxylic acids is 1. The van der Waals surface area contributed by atoms with Gasteiger partial charge in [0.15, 0.2) is 0 Å². The predicted molar refractivity (Wildman–Crippen MR) is 75.1 cm³/mol. The third-order valence-electron chi connectivity index (χ3n) is 1.52. The van der Waals surface area contributed by atoms with E-state index in [1.165, 1.54) is 0 Å². The van der Waals surface area contributed by atoms with Crippen molar-refractivity contribution >= 4 is 12.0 Å². The van der Waals surface area contributed by atoms with Gasteiger partial charge < -0.3 is 4.74 Å². The standard InChI is InChI=1S/C11H10O2.2C2H6/c1-3-9-7-5-6-8-10(9)13-11(12)4-2;2*1-2/h3-8H,1-2H2;2*1-2H3. The average molecular weight is 234 g/mol. The first-order valence-corrected chi connectivity index (χ1v) is 5.83. The Labute approximate surface area is 105 Å². The van der Waals surface area contributed by atoms with Crippen LogP contribution in [-0.4, -0.2) is 5.97 Å². The molecule has 2 heteroatoms. The van der Waals surface area contributed by atoms with Crippen LogP contribution in [0.2, 0.25) is 0 Å². The molecule has 0 aliphatic carbocycles. The van der Waals surface area contributed by atoms with Crippen molar-refractivity contribution < 1.29 is 9.53 Å². The van der Waals surface area contributed by atoms with Crippen LogP contribution in [0.4, 0.5) is 0 Å². The number of esters is 1. The summed E-state index contributed by atoms with van der Waals surface area (Å²) >= 11 is 0. The summed E-state index contributed by atoms with van der Waals surface area (Å²) in [5.74, 6) is 0.0386. The van der Waals surface area contributed by atoms with Crippen molar-refractivity contribution in [3.63, 3.8) is 0 Å². The predicted octanol–water partition coefficient (Wildman–Crippen LogP) is 4.47. The number of rotatable bonds is 3. The van der Waals surface area contributed by atoms with Gasteiger partial charge in [0.25, 0.3) is 0 Å². The first kappa shape index (κ1) is 17.6. The maximum absolute atomic E-state index is 10.9. The lowest BCUT2D eigenvalue weighted by Crippen LogP contribution is -2.03. The van der Waals surface area contributed by atoms with Crippen molar-refractivity contribution in [2.75, 3.05) is 0 Å². The highest BCUT2D eigenvalue weighted by Gasteiger charge is 2.02. The molecule has 17 heavy (non-hydrogen) atoms. The van der Waals surface area contributed by atoms with E-state index in [2.05, 4.69) is 13.2 Å². The molecule has 0 unspecified atom stereocenters. The molecule has 0 fully saturated rings. The molecule has 0 aliphatic rings. The van der Waals surface area contributed by atoms with Crippen molar-refractivity contribution in [2.45, 2.75) is 27.7 Å². The molecule has 0 amide bonds. The summed E-state index contributed by atoms with van der Waals surface area (Å²) in [4.78, 5) is 10.9. The molecular formula is C15H22O2. The van der Waals surface area contributed by atoms with E-state index in [0.29, 0.717) is 5.75 Å². The molecule has 0 saturated carbocycles. The Balaban J connectivity index is 0. The van der Waals surface area contributed by atoms with Crippen molar-refractivity contribution in [3.05, 3.63) is 49.1 Å². The van der Waals surface area contributed by atoms with Crippen LogP contribution in [0.25, 0.3) is 6.08 Å². The van der Waals surface area contributed by atoms with E-state index in [0.717, 1.165) is 11.6 Å². The van der Waals surface area contributed by atoms with Gasteiger partial charge in [-0.05, 0) is 6.07 Å². The molecule has 0 N–H and O–H groups in total. The van der Waals surface area contributed by atoms with Crippen LogP contribution in [0.5, 0.6) is 5.75 Å². The monoisotopic (exact) mass is 234 g/mol. The summed E-state index contributed by atoms with van der Waals surface area (Å²) in [5, 5.41) is 0. The molecular weight excluding hydrogens is 212 g/mol. The first-order chi connectivity index (χ1) is 8.27. The number of hydrogen-bond donors (Lipinski definition) is 0. The Hall–Kier alpha value is -1.83. The van der Waals surface area contributed by atoms with Gasteiger partial charge in [0.05, 0.1) is 0 Å². The SMILES string of the molecule is C=CC(=O)Oc1ccccc1C=C.CC.CC. The van der Waals surface area contributed by atoms with Gasteiger partial charge in [-0.25, -0.2) is 4.79 Å².